The summed E-state index contributed by atoms with van der Waals surface area (Å²) in [6.45, 7) is 1.90. The molecule has 1 aliphatic rings. The average Bonchev–Trinajstić information content (AvgIpc) is 2.77. The van der Waals surface area contributed by atoms with Crippen LogP contribution >= 0.6 is 11.6 Å². The van der Waals surface area contributed by atoms with E-state index in [0.29, 0.717) is 43.3 Å². The van der Waals surface area contributed by atoms with Crippen LogP contribution in [0.4, 0.5) is 5.82 Å². The highest BCUT2D eigenvalue weighted by Gasteiger charge is 2.27. The second-order valence-corrected chi connectivity index (χ2v) is 8.15. The molecule has 1 aromatic heterocycles. The number of halogens is 1. The second-order valence-electron chi connectivity index (χ2n) is 7.72. The van der Waals surface area contributed by atoms with Gasteiger partial charge in [0.2, 0.25) is 5.91 Å². The zero-order valence-electron chi connectivity index (χ0n) is 17.0. The number of piperidine rings is 1. The molecule has 1 N–H and O–H groups in total. The van der Waals surface area contributed by atoms with Crippen molar-refractivity contribution in [2.45, 2.75) is 19.3 Å². The van der Waals surface area contributed by atoms with Gasteiger partial charge in [0.25, 0.3) is 5.56 Å². The third-order valence-corrected chi connectivity index (χ3v) is 6.01. The summed E-state index contributed by atoms with van der Waals surface area (Å²) in [7, 11) is 1.77. The van der Waals surface area contributed by atoms with Crippen molar-refractivity contribution < 1.29 is 4.79 Å². The van der Waals surface area contributed by atoms with E-state index in [0.717, 1.165) is 23.0 Å². The fourth-order valence-corrected chi connectivity index (χ4v) is 4.07. The lowest BCUT2D eigenvalue weighted by Gasteiger charge is -2.32. The number of carbonyl (C=O) groups excluding carboxylic acids is 1. The fraction of sp³-hybridized carbons (Fsp3) is 0.348. The van der Waals surface area contributed by atoms with Crippen LogP contribution in [0.5, 0.6) is 0 Å². The Hall–Kier alpha value is -2.86. The van der Waals surface area contributed by atoms with E-state index in [1.54, 1.807) is 11.6 Å². The topological polar surface area (TPSA) is 67.2 Å². The number of nitrogens with one attached hydrogen (secondary N) is 1. The summed E-state index contributed by atoms with van der Waals surface area (Å²) in [5, 5.41) is 3.76. The van der Waals surface area contributed by atoms with Crippen LogP contribution < -0.4 is 15.8 Å². The van der Waals surface area contributed by atoms with Crippen molar-refractivity contribution >= 4 is 34.4 Å². The standard InChI is InChI=1S/C23H25ClN4O2/c1-27-20-5-3-2-4-19(20)26-21(23(27)30)28-14-11-17(12-15-28)22(29)25-13-10-16-6-8-18(24)9-7-16/h2-9,17H,10-15H2,1H3,(H,25,29). The maximum Gasteiger partial charge on any atom is 0.293 e. The Kier molecular flexibility index (Phi) is 6.04. The molecule has 1 aliphatic heterocycles. The van der Waals surface area contributed by atoms with Crippen molar-refractivity contribution in [2.75, 3.05) is 24.5 Å². The third-order valence-electron chi connectivity index (χ3n) is 5.76. The minimum absolute atomic E-state index is 0.0317. The smallest absolute Gasteiger partial charge is 0.293 e. The molecule has 0 unspecified atom stereocenters. The maximum absolute atomic E-state index is 12.8. The molecule has 0 atom stereocenters. The number of benzene rings is 2. The van der Waals surface area contributed by atoms with Crippen LogP contribution in [0.2, 0.25) is 5.02 Å². The number of para-hydroxylation sites is 2. The average molecular weight is 425 g/mol. The molecule has 4 rings (SSSR count). The molecule has 0 bridgehead atoms. The summed E-state index contributed by atoms with van der Waals surface area (Å²) in [4.78, 5) is 31.9. The predicted octanol–water partition coefficient (Wildman–Crippen LogP) is 3.16. The second kappa shape index (κ2) is 8.88. The van der Waals surface area contributed by atoms with Crippen molar-refractivity contribution in [3.8, 4) is 0 Å². The van der Waals surface area contributed by atoms with Gasteiger partial charge in [0, 0.05) is 37.6 Å². The number of nitrogens with zero attached hydrogens (tertiary/aromatic N) is 3. The Morgan fingerprint density at radius 1 is 1.13 bits per heavy atom. The first-order chi connectivity index (χ1) is 14.5. The predicted molar refractivity (Wildman–Crippen MR) is 120 cm³/mol. The molecule has 7 heteroatoms. The number of carbonyl (C=O) groups is 1. The molecular weight excluding hydrogens is 400 g/mol. The molecule has 1 amide bonds. The SMILES string of the molecule is Cn1c(=O)c(N2CCC(C(=O)NCCc3ccc(Cl)cc3)CC2)nc2ccccc21. The van der Waals surface area contributed by atoms with Crippen LogP contribution in [-0.2, 0) is 18.3 Å². The molecule has 0 aliphatic carbocycles. The zero-order chi connectivity index (χ0) is 21.1. The molecule has 2 heterocycles. The largest absolute Gasteiger partial charge is 0.356 e. The molecule has 1 saturated heterocycles. The van der Waals surface area contributed by atoms with Crippen LogP contribution in [0.15, 0.2) is 53.3 Å². The Balaban J connectivity index is 1.34. The maximum atomic E-state index is 12.8. The first kappa shape index (κ1) is 20.4. The highest BCUT2D eigenvalue weighted by molar-refractivity contribution is 6.30. The van der Waals surface area contributed by atoms with Gasteiger partial charge in [-0.3, -0.25) is 9.59 Å². The van der Waals surface area contributed by atoms with Gasteiger partial charge in [-0.1, -0.05) is 35.9 Å². The summed E-state index contributed by atoms with van der Waals surface area (Å²) in [6, 6.07) is 15.3. The van der Waals surface area contributed by atoms with Gasteiger partial charge < -0.3 is 14.8 Å². The Morgan fingerprint density at radius 3 is 2.57 bits per heavy atom. The van der Waals surface area contributed by atoms with Crippen LogP contribution in [0, 0.1) is 5.92 Å². The van der Waals surface area contributed by atoms with Crippen molar-refractivity contribution in [1.82, 2.24) is 14.9 Å². The van der Waals surface area contributed by atoms with Gasteiger partial charge >= 0.3 is 0 Å². The number of aromatic nitrogens is 2. The quantitative estimate of drug-likeness (QED) is 0.683. The van der Waals surface area contributed by atoms with E-state index in [2.05, 4.69) is 10.3 Å². The van der Waals surface area contributed by atoms with E-state index in [-0.39, 0.29) is 17.4 Å². The Labute approximate surface area is 180 Å². The lowest BCUT2D eigenvalue weighted by atomic mass is 9.96. The third kappa shape index (κ3) is 4.33. The van der Waals surface area contributed by atoms with Gasteiger partial charge in [0.05, 0.1) is 11.0 Å². The lowest BCUT2D eigenvalue weighted by molar-refractivity contribution is -0.125. The van der Waals surface area contributed by atoms with Gasteiger partial charge in [-0.2, -0.15) is 0 Å². The Bertz CT molecular complexity index is 1100. The van der Waals surface area contributed by atoms with Gasteiger partial charge in [0.1, 0.15) is 0 Å². The van der Waals surface area contributed by atoms with Crippen LogP contribution in [0.25, 0.3) is 11.0 Å². The van der Waals surface area contributed by atoms with E-state index >= 15 is 0 Å². The molecule has 0 radical (unpaired) electrons. The zero-order valence-corrected chi connectivity index (χ0v) is 17.7. The summed E-state index contributed by atoms with van der Waals surface area (Å²) in [6.07, 6.45) is 2.20. The highest BCUT2D eigenvalue weighted by Crippen LogP contribution is 2.21. The molecule has 2 aromatic carbocycles. The minimum Gasteiger partial charge on any atom is -0.356 e. The molecule has 156 valence electrons. The van der Waals surface area contributed by atoms with Gasteiger partial charge in [0.15, 0.2) is 5.82 Å². The van der Waals surface area contributed by atoms with E-state index < -0.39 is 0 Å². The van der Waals surface area contributed by atoms with Gasteiger partial charge in [-0.05, 0) is 49.1 Å². The fourth-order valence-electron chi connectivity index (χ4n) is 3.95. The normalized spacial score (nSPS) is 14.8. The molecule has 30 heavy (non-hydrogen) atoms. The highest BCUT2D eigenvalue weighted by atomic mass is 35.5. The molecule has 0 spiro atoms. The van der Waals surface area contributed by atoms with Crippen LogP contribution in [0.3, 0.4) is 0 Å². The first-order valence-corrected chi connectivity index (χ1v) is 10.6. The summed E-state index contributed by atoms with van der Waals surface area (Å²) in [5.74, 6) is 0.525. The van der Waals surface area contributed by atoms with Crippen molar-refractivity contribution in [2.24, 2.45) is 13.0 Å². The van der Waals surface area contributed by atoms with Crippen molar-refractivity contribution in [3.63, 3.8) is 0 Å². The van der Waals surface area contributed by atoms with Crippen LogP contribution in [0.1, 0.15) is 18.4 Å². The van der Waals surface area contributed by atoms with Crippen LogP contribution in [-0.4, -0.2) is 35.1 Å². The van der Waals surface area contributed by atoms with Crippen molar-refractivity contribution in [1.29, 1.82) is 0 Å². The van der Waals surface area contributed by atoms with E-state index in [1.807, 2.05) is 53.4 Å². The first-order valence-electron chi connectivity index (χ1n) is 10.3. The molecular formula is C23H25ClN4O2. The number of aryl methyl sites for hydroxylation is 1. The van der Waals surface area contributed by atoms with Gasteiger partial charge in [-0.25, -0.2) is 4.98 Å². The monoisotopic (exact) mass is 424 g/mol. The molecule has 6 nitrogen and oxygen atoms in total. The van der Waals surface area contributed by atoms with Crippen molar-refractivity contribution in [3.05, 3.63) is 69.5 Å². The summed E-state index contributed by atoms with van der Waals surface area (Å²) in [5.41, 5.74) is 2.67. The number of amides is 1. The molecule has 1 fully saturated rings. The number of rotatable bonds is 5. The summed E-state index contributed by atoms with van der Waals surface area (Å²) >= 11 is 5.90. The number of anilines is 1. The molecule has 0 saturated carbocycles. The number of hydrogen-bond donors (Lipinski definition) is 1. The summed E-state index contributed by atoms with van der Waals surface area (Å²) < 4.78 is 1.65. The Morgan fingerprint density at radius 2 is 1.83 bits per heavy atom. The minimum atomic E-state index is -0.0976. The number of fused-ring (bicyclic) bond motifs is 1. The lowest BCUT2D eigenvalue weighted by Crippen LogP contribution is -2.43. The van der Waals surface area contributed by atoms with Gasteiger partial charge in [-0.15, -0.1) is 0 Å². The van der Waals surface area contributed by atoms with E-state index in [1.165, 1.54) is 0 Å². The van der Waals surface area contributed by atoms with E-state index in [4.69, 9.17) is 11.6 Å². The van der Waals surface area contributed by atoms with E-state index in [9.17, 15) is 9.59 Å². The number of hydrogen-bond acceptors (Lipinski definition) is 4. The molecule has 3 aromatic rings.